The topological polar surface area (TPSA) is 0 Å². The van der Waals surface area contributed by atoms with Crippen LogP contribution in [0.3, 0.4) is 0 Å². The lowest BCUT2D eigenvalue weighted by molar-refractivity contribution is 0.589. The van der Waals surface area contributed by atoms with E-state index in [1.54, 1.807) is 0 Å². The minimum Gasteiger partial charge on any atom is -0.0587 e. The summed E-state index contributed by atoms with van der Waals surface area (Å²) in [7, 11) is 0. The molecule has 0 nitrogen and oxygen atoms in total. The van der Waals surface area contributed by atoms with Crippen LogP contribution in [0.2, 0.25) is 0 Å². The van der Waals surface area contributed by atoms with Crippen molar-refractivity contribution in [3.63, 3.8) is 0 Å². The second-order valence-corrected chi connectivity index (χ2v) is 10.5. The van der Waals surface area contributed by atoms with Gasteiger partial charge in [0.05, 0.1) is 0 Å². The molecule has 3 aromatic rings. The summed E-state index contributed by atoms with van der Waals surface area (Å²) in [4.78, 5) is 0. The molecule has 0 amide bonds. The SMILES string of the molecule is Cc1ccc(-c2cc(C(C)(C)C)cc3c2Cc2ccc(C(C)(C)C)cc2-3)cc1. The lowest BCUT2D eigenvalue weighted by atomic mass is 9.81. The smallest absolute Gasteiger partial charge is 0.000728 e. The Hall–Kier alpha value is -2.34. The molecular weight excluding hydrogens is 336 g/mol. The molecule has 0 spiro atoms. The monoisotopic (exact) mass is 368 g/mol. The average molecular weight is 369 g/mol. The van der Waals surface area contributed by atoms with Crippen LogP contribution < -0.4 is 0 Å². The van der Waals surface area contributed by atoms with Crippen molar-refractivity contribution in [2.24, 2.45) is 0 Å². The molecule has 4 rings (SSSR count). The van der Waals surface area contributed by atoms with Crippen molar-refractivity contribution in [1.82, 2.24) is 0 Å². The van der Waals surface area contributed by atoms with Gasteiger partial charge in [-0.2, -0.15) is 0 Å². The van der Waals surface area contributed by atoms with E-state index in [-0.39, 0.29) is 10.8 Å². The van der Waals surface area contributed by atoms with Crippen molar-refractivity contribution in [2.75, 3.05) is 0 Å². The van der Waals surface area contributed by atoms with Crippen LogP contribution in [0, 0.1) is 6.92 Å². The van der Waals surface area contributed by atoms with Crippen LogP contribution >= 0.6 is 0 Å². The van der Waals surface area contributed by atoms with Crippen LogP contribution in [-0.2, 0) is 17.3 Å². The zero-order valence-electron chi connectivity index (χ0n) is 18.4. The second kappa shape index (κ2) is 6.34. The summed E-state index contributed by atoms with van der Waals surface area (Å²) < 4.78 is 0. The van der Waals surface area contributed by atoms with E-state index in [1.807, 2.05) is 0 Å². The molecule has 0 atom stereocenters. The number of rotatable bonds is 1. The number of hydrogen-bond acceptors (Lipinski definition) is 0. The van der Waals surface area contributed by atoms with E-state index < -0.39 is 0 Å². The highest BCUT2D eigenvalue weighted by Crippen LogP contribution is 2.45. The first-order valence-corrected chi connectivity index (χ1v) is 10.4. The summed E-state index contributed by atoms with van der Waals surface area (Å²) in [5, 5.41) is 0. The minimum atomic E-state index is 0.124. The van der Waals surface area contributed by atoms with E-state index in [0.717, 1.165) is 6.42 Å². The van der Waals surface area contributed by atoms with Gasteiger partial charge in [-0.25, -0.2) is 0 Å². The van der Waals surface area contributed by atoms with E-state index >= 15 is 0 Å². The van der Waals surface area contributed by atoms with Crippen molar-refractivity contribution in [2.45, 2.75) is 65.7 Å². The maximum absolute atomic E-state index is 2.45. The van der Waals surface area contributed by atoms with E-state index in [1.165, 1.54) is 50.1 Å². The Labute approximate surface area is 170 Å². The lowest BCUT2D eigenvalue weighted by Crippen LogP contribution is -2.12. The third-order valence-corrected chi connectivity index (χ3v) is 6.11. The van der Waals surface area contributed by atoms with E-state index in [4.69, 9.17) is 0 Å². The molecule has 0 radical (unpaired) electrons. The summed E-state index contributed by atoms with van der Waals surface area (Å²) in [6.45, 7) is 16.0. The average Bonchev–Trinajstić information content (AvgIpc) is 2.98. The molecule has 0 heterocycles. The highest BCUT2D eigenvalue weighted by molar-refractivity contribution is 5.86. The van der Waals surface area contributed by atoms with Crippen LogP contribution in [-0.4, -0.2) is 0 Å². The molecule has 144 valence electrons. The van der Waals surface area contributed by atoms with Gasteiger partial charge in [0, 0.05) is 0 Å². The lowest BCUT2D eigenvalue weighted by Gasteiger charge is -2.23. The zero-order valence-corrected chi connectivity index (χ0v) is 18.4. The molecule has 0 unspecified atom stereocenters. The minimum absolute atomic E-state index is 0.124. The van der Waals surface area contributed by atoms with E-state index in [9.17, 15) is 0 Å². The van der Waals surface area contributed by atoms with Gasteiger partial charge in [0.25, 0.3) is 0 Å². The van der Waals surface area contributed by atoms with Gasteiger partial charge in [0.15, 0.2) is 0 Å². The maximum atomic E-state index is 2.45. The molecule has 28 heavy (non-hydrogen) atoms. The van der Waals surface area contributed by atoms with Gasteiger partial charge >= 0.3 is 0 Å². The number of aryl methyl sites for hydroxylation is 1. The van der Waals surface area contributed by atoms with Crippen LogP contribution in [0.25, 0.3) is 22.3 Å². The van der Waals surface area contributed by atoms with Gasteiger partial charge in [0.1, 0.15) is 0 Å². The maximum Gasteiger partial charge on any atom is -0.000728 e. The van der Waals surface area contributed by atoms with Gasteiger partial charge in [-0.1, -0.05) is 102 Å². The van der Waals surface area contributed by atoms with Crippen molar-refractivity contribution < 1.29 is 0 Å². The van der Waals surface area contributed by atoms with Crippen molar-refractivity contribution in [3.05, 3.63) is 82.4 Å². The first-order valence-electron chi connectivity index (χ1n) is 10.4. The molecular formula is C28H32. The van der Waals surface area contributed by atoms with Gasteiger partial charge < -0.3 is 0 Å². The van der Waals surface area contributed by atoms with Crippen molar-refractivity contribution in [1.29, 1.82) is 0 Å². The Kier molecular flexibility index (Phi) is 4.30. The van der Waals surface area contributed by atoms with Crippen molar-refractivity contribution in [3.8, 4) is 22.3 Å². The summed E-state index contributed by atoms with van der Waals surface area (Å²) in [5.74, 6) is 0. The zero-order chi connectivity index (χ0) is 20.3. The number of hydrogen-bond donors (Lipinski definition) is 0. The second-order valence-electron chi connectivity index (χ2n) is 10.5. The molecule has 0 aromatic heterocycles. The van der Waals surface area contributed by atoms with Crippen LogP contribution in [0.1, 0.15) is 69.4 Å². The highest BCUT2D eigenvalue weighted by Gasteiger charge is 2.27. The fraction of sp³-hybridized carbons (Fsp3) is 0.357. The van der Waals surface area contributed by atoms with E-state index in [2.05, 4.69) is 103 Å². The molecule has 0 N–H and O–H groups in total. The Morgan fingerprint density at radius 2 is 1.18 bits per heavy atom. The molecule has 0 bridgehead atoms. The highest BCUT2D eigenvalue weighted by atomic mass is 14.3. The molecule has 0 heteroatoms. The molecule has 0 fully saturated rings. The Bertz CT molecular complexity index is 1040. The van der Waals surface area contributed by atoms with Crippen LogP contribution in [0.15, 0.2) is 54.6 Å². The fourth-order valence-corrected chi connectivity index (χ4v) is 4.16. The predicted molar refractivity (Wildman–Crippen MR) is 122 cm³/mol. The number of fused-ring (bicyclic) bond motifs is 3. The molecule has 3 aromatic carbocycles. The molecule has 0 aliphatic heterocycles. The third kappa shape index (κ3) is 3.30. The molecule has 1 aliphatic carbocycles. The first kappa shape index (κ1) is 19.0. The normalized spacial score (nSPS) is 13.4. The van der Waals surface area contributed by atoms with Gasteiger partial charge in [-0.3, -0.25) is 0 Å². The van der Waals surface area contributed by atoms with Gasteiger partial charge in [0.2, 0.25) is 0 Å². The van der Waals surface area contributed by atoms with Crippen molar-refractivity contribution >= 4 is 0 Å². The Morgan fingerprint density at radius 1 is 0.607 bits per heavy atom. The van der Waals surface area contributed by atoms with E-state index in [0.29, 0.717) is 0 Å². The summed E-state index contributed by atoms with van der Waals surface area (Å²) in [6.07, 6.45) is 1.03. The predicted octanol–water partition coefficient (Wildman–Crippen LogP) is 7.83. The standard InChI is InChI=1S/C28H32/c1-18-8-10-19(11-9-18)23-16-22(28(5,6)7)17-26-24-15-21(27(2,3)4)13-12-20(24)14-25(23)26/h8-13,15-17H,14H2,1-7H3. The first-order chi connectivity index (χ1) is 13.0. The largest absolute Gasteiger partial charge is 0.0587 e. The third-order valence-electron chi connectivity index (χ3n) is 6.11. The van der Waals surface area contributed by atoms with Crippen LogP contribution in [0.4, 0.5) is 0 Å². The summed E-state index contributed by atoms with van der Waals surface area (Å²) >= 11 is 0. The van der Waals surface area contributed by atoms with Crippen LogP contribution in [0.5, 0.6) is 0 Å². The summed E-state index contributed by atoms with van der Waals surface area (Å²) in [6, 6.07) is 21.0. The Balaban J connectivity index is 1.97. The molecule has 0 saturated heterocycles. The molecule has 1 aliphatic rings. The van der Waals surface area contributed by atoms with Gasteiger partial charge in [-0.15, -0.1) is 0 Å². The molecule has 0 saturated carbocycles. The Morgan fingerprint density at radius 3 is 1.79 bits per heavy atom. The number of benzene rings is 3. The quantitative estimate of drug-likeness (QED) is 0.321. The fourth-order valence-electron chi connectivity index (χ4n) is 4.16. The van der Waals surface area contributed by atoms with Gasteiger partial charge in [-0.05, 0) is 68.7 Å². The summed E-state index contributed by atoms with van der Waals surface area (Å²) in [5.41, 5.74) is 13.0.